The Hall–Kier alpha value is -1.75. The van der Waals surface area contributed by atoms with E-state index in [1.807, 2.05) is 38.1 Å². The standard InChI is InChI=1S/C13H16ClN3O2/c1-9(2)18-11-5-3-10(4-6-11)15-13-17-16-12(19-13)7-8-14/h3-6,9H,7-8H2,1-2H3,(H,15,17). The van der Waals surface area contributed by atoms with Gasteiger partial charge in [-0.05, 0) is 38.1 Å². The Morgan fingerprint density at radius 3 is 2.63 bits per heavy atom. The van der Waals surface area contributed by atoms with Crippen LogP contribution in [-0.2, 0) is 6.42 Å². The molecule has 0 aliphatic heterocycles. The van der Waals surface area contributed by atoms with E-state index in [1.54, 1.807) is 0 Å². The lowest BCUT2D eigenvalue weighted by Crippen LogP contribution is -2.05. The Bertz CT molecular complexity index is 511. The SMILES string of the molecule is CC(C)Oc1ccc(Nc2nnc(CCCl)o2)cc1. The molecule has 0 spiro atoms. The highest BCUT2D eigenvalue weighted by Crippen LogP contribution is 2.20. The van der Waals surface area contributed by atoms with Crippen LogP contribution in [0.1, 0.15) is 19.7 Å². The summed E-state index contributed by atoms with van der Waals surface area (Å²) in [6, 6.07) is 7.92. The second kappa shape index (κ2) is 6.43. The molecule has 1 N–H and O–H groups in total. The molecule has 0 fully saturated rings. The number of anilines is 2. The van der Waals surface area contributed by atoms with Crippen LogP contribution in [0.2, 0.25) is 0 Å². The monoisotopic (exact) mass is 281 g/mol. The fraction of sp³-hybridized carbons (Fsp3) is 0.385. The van der Waals surface area contributed by atoms with Crippen LogP contribution in [-0.4, -0.2) is 22.2 Å². The summed E-state index contributed by atoms with van der Waals surface area (Å²) in [6.45, 7) is 3.98. The first-order valence-corrected chi connectivity index (χ1v) is 6.63. The number of hydrogen-bond donors (Lipinski definition) is 1. The third-order valence-corrected chi connectivity index (χ3v) is 2.44. The topological polar surface area (TPSA) is 60.2 Å². The van der Waals surface area contributed by atoms with Crippen molar-refractivity contribution in [1.82, 2.24) is 10.2 Å². The number of aromatic nitrogens is 2. The van der Waals surface area contributed by atoms with Gasteiger partial charge in [-0.2, -0.15) is 0 Å². The van der Waals surface area contributed by atoms with Gasteiger partial charge in [0, 0.05) is 18.0 Å². The molecular weight excluding hydrogens is 266 g/mol. The maximum absolute atomic E-state index is 5.60. The Morgan fingerprint density at radius 1 is 1.26 bits per heavy atom. The van der Waals surface area contributed by atoms with Crippen molar-refractivity contribution in [3.63, 3.8) is 0 Å². The van der Waals surface area contributed by atoms with E-state index in [-0.39, 0.29) is 6.10 Å². The number of rotatable bonds is 6. The van der Waals surface area contributed by atoms with Crippen molar-refractivity contribution in [2.75, 3.05) is 11.2 Å². The summed E-state index contributed by atoms with van der Waals surface area (Å²) in [6.07, 6.45) is 0.727. The van der Waals surface area contributed by atoms with Gasteiger partial charge < -0.3 is 14.5 Å². The van der Waals surface area contributed by atoms with Crippen molar-refractivity contribution >= 4 is 23.3 Å². The van der Waals surface area contributed by atoms with E-state index < -0.39 is 0 Å². The van der Waals surface area contributed by atoms with Crippen molar-refractivity contribution in [2.24, 2.45) is 0 Å². The lowest BCUT2D eigenvalue weighted by molar-refractivity contribution is 0.242. The predicted octanol–water partition coefficient (Wildman–Crippen LogP) is 3.38. The molecule has 6 heteroatoms. The van der Waals surface area contributed by atoms with Gasteiger partial charge in [0.1, 0.15) is 5.75 Å². The Kier molecular flexibility index (Phi) is 4.63. The third kappa shape index (κ3) is 4.13. The molecule has 0 saturated heterocycles. The summed E-state index contributed by atoms with van der Waals surface area (Å²) in [5.74, 6) is 1.81. The number of alkyl halides is 1. The van der Waals surface area contributed by atoms with Crippen molar-refractivity contribution in [2.45, 2.75) is 26.4 Å². The average Bonchev–Trinajstić information content (AvgIpc) is 2.79. The first-order valence-electron chi connectivity index (χ1n) is 6.09. The molecule has 2 rings (SSSR count). The summed E-state index contributed by atoms with van der Waals surface area (Å²) >= 11 is 5.60. The van der Waals surface area contributed by atoms with Crippen molar-refractivity contribution in [1.29, 1.82) is 0 Å². The Balaban J connectivity index is 1.98. The zero-order valence-electron chi connectivity index (χ0n) is 10.9. The van der Waals surface area contributed by atoms with Gasteiger partial charge in [0.25, 0.3) is 0 Å². The van der Waals surface area contributed by atoms with Gasteiger partial charge in [-0.3, -0.25) is 0 Å². The van der Waals surface area contributed by atoms with Crippen LogP contribution in [0.4, 0.5) is 11.7 Å². The van der Waals surface area contributed by atoms with Gasteiger partial charge in [0.15, 0.2) is 0 Å². The van der Waals surface area contributed by atoms with Crippen molar-refractivity contribution < 1.29 is 9.15 Å². The van der Waals surface area contributed by atoms with Crippen LogP contribution in [0.5, 0.6) is 5.75 Å². The third-order valence-electron chi connectivity index (χ3n) is 2.25. The fourth-order valence-electron chi connectivity index (χ4n) is 1.50. The van der Waals surface area contributed by atoms with E-state index in [1.165, 1.54) is 0 Å². The second-order valence-electron chi connectivity index (χ2n) is 4.26. The summed E-state index contributed by atoms with van der Waals surface area (Å²) in [5, 5.41) is 10.8. The van der Waals surface area contributed by atoms with Gasteiger partial charge in [-0.25, -0.2) is 0 Å². The minimum Gasteiger partial charge on any atom is -0.491 e. The fourth-order valence-corrected chi connectivity index (χ4v) is 1.66. The van der Waals surface area contributed by atoms with Crippen LogP contribution in [0.25, 0.3) is 0 Å². The van der Waals surface area contributed by atoms with Crippen LogP contribution < -0.4 is 10.1 Å². The summed E-state index contributed by atoms with van der Waals surface area (Å²) in [5.41, 5.74) is 0.858. The Labute approximate surface area is 116 Å². The molecule has 0 atom stereocenters. The van der Waals surface area contributed by atoms with E-state index in [4.69, 9.17) is 20.8 Å². The van der Waals surface area contributed by atoms with Gasteiger partial charge >= 0.3 is 6.01 Å². The molecule has 102 valence electrons. The number of hydrogen-bond acceptors (Lipinski definition) is 5. The normalized spacial score (nSPS) is 10.7. The highest BCUT2D eigenvalue weighted by Gasteiger charge is 2.05. The quantitative estimate of drug-likeness (QED) is 0.823. The summed E-state index contributed by atoms with van der Waals surface area (Å²) in [7, 11) is 0. The van der Waals surface area contributed by atoms with Gasteiger partial charge in [0.05, 0.1) is 6.10 Å². The van der Waals surface area contributed by atoms with Crippen LogP contribution in [0.3, 0.4) is 0 Å². The van der Waals surface area contributed by atoms with E-state index in [0.717, 1.165) is 11.4 Å². The number of nitrogens with one attached hydrogen (secondary N) is 1. The van der Waals surface area contributed by atoms with Gasteiger partial charge in [-0.1, -0.05) is 5.10 Å². The molecule has 0 amide bonds. The largest absolute Gasteiger partial charge is 0.491 e. The maximum Gasteiger partial charge on any atom is 0.320 e. The minimum atomic E-state index is 0.160. The number of halogens is 1. The molecule has 0 aliphatic rings. The summed E-state index contributed by atoms with van der Waals surface area (Å²) in [4.78, 5) is 0. The lowest BCUT2D eigenvalue weighted by Gasteiger charge is -2.09. The second-order valence-corrected chi connectivity index (χ2v) is 4.63. The zero-order chi connectivity index (χ0) is 13.7. The highest BCUT2D eigenvalue weighted by atomic mass is 35.5. The minimum absolute atomic E-state index is 0.160. The highest BCUT2D eigenvalue weighted by molar-refractivity contribution is 6.17. The number of nitrogens with zero attached hydrogens (tertiary/aromatic N) is 2. The molecule has 1 heterocycles. The van der Waals surface area contributed by atoms with Crippen LogP contribution in [0, 0.1) is 0 Å². The molecule has 19 heavy (non-hydrogen) atoms. The zero-order valence-corrected chi connectivity index (χ0v) is 11.6. The maximum atomic E-state index is 5.60. The Morgan fingerprint density at radius 2 is 2.00 bits per heavy atom. The predicted molar refractivity (Wildman–Crippen MR) is 74.2 cm³/mol. The number of benzene rings is 1. The van der Waals surface area contributed by atoms with E-state index in [2.05, 4.69) is 15.5 Å². The van der Waals surface area contributed by atoms with Gasteiger partial charge in [-0.15, -0.1) is 16.7 Å². The molecule has 0 bridgehead atoms. The molecule has 0 unspecified atom stereocenters. The van der Waals surface area contributed by atoms with Crippen molar-refractivity contribution in [3.05, 3.63) is 30.2 Å². The first kappa shape index (κ1) is 13.7. The van der Waals surface area contributed by atoms with E-state index in [9.17, 15) is 0 Å². The van der Waals surface area contributed by atoms with Gasteiger partial charge in [0.2, 0.25) is 5.89 Å². The molecule has 1 aromatic carbocycles. The molecule has 0 saturated carbocycles. The molecule has 0 radical (unpaired) electrons. The first-order chi connectivity index (χ1) is 9.17. The number of aryl methyl sites for hydroxylation is 1. The molecule has 2 aromatic rings. The lowest BCUT2D eigenvalue weighted by atomic mass is 10.3. The van der Waals surface area contributed by atoms with E-state index >= 15 is 0 Å². The molecule has 0 aliphatic carbocycles. The van der Waals surface area contributed by atoms with Crippen LogP contribution in [0.15, 0.2) is 28.7 Å². The van der Waals surface area contributed by atoms with E-state index in [0.29, 0.717) is 24.2 Å². The summed E-state index contributed by atoms with van der Waals surface area (Å²) < 4.78 is 10.9. The molecule has 5 nitrogen and oxygen atoms in total. The average molecular weight is 282 g/mol. The van der Waals surface area contributed by atoms with Crippen LogP contribution >= 0.6 is 11.6 Å². The van der Waals surface area contributed by atoms with Crippen molar-refractivity contribution in [3.8, 4) is 5.75 Å². The smallest absolute Gasteiger partial charge is 0.320 e. The number of ether oxygens (including phenoxy) is 1. The molecule has 1 aromatic heterocycles. The molecular formula is C13H16ClN3O2.